The minimum Gasteiger partial charge on any atom is -0.384 e. The number of carbonyl (C=O) groups excluding carboxylic acids is 1. The molecule has 0 radical (unpaired) electrons. The number of aromatic nitrogens is 1. The van der Waals surface area contributed by atoms with Gasteiger partial charge in [-0.2, -0.15) is 0 Å². The third-order valence-corrected chi connectivity index (χ3v) is 2.67. The fourth-order valence-electron chi connectivity index (χ4n) is 1.47. The van der Waals surface area contributed by atoms with Crippen molar-refractivity contribution in [2.45, 2.75) is 18.9 Å². The molecule has 1 fully saturated rings. The molecule has 0 aliphatic heterocycles. The molecule has 1 saturated carbocycles. The summed E-state index contributed by atoms with van der Waals surface area (Å²) in [4.78, 5) is 17.5. The van der Waals surface area contributed by atoms with Crippen molar-refractivity contribution in [1.82, 2.24) is 9.88 Å². The van der Waals surface area contributed by atoms with Crippen molar-refractivity contribution < 1.29 is 4.79 Å². The molecule has 2 N–H and O–H groups in total. The quantitative estimate of drug-likeness (QED) is 0.777. The Balaban J connectivity index is 2.24. The van der Waals surface area contributed by atoms with E-state index in [1.807, 2.05) is 0 Å². The van der Waals surface area contributed by atoms with E-state index < -0.39 is 0 Å². The molecule has 1 aromatic heterocycles. The molecule has 1 amide bonds. The number of pyridine rings is 1. The lowest BCUT2D eigenvalue weighted by Crippen LogP contribution is -2.28. The second-order valence-electron chi connectivity index (χ2n) is 3.75. The van der Waals surface area contributed by atoms with E-state index in [1.165, 1.54) is 0 Å². The molecule has 0 saturated heterocycles. The number of nitrogens with two attached hydrogens (primary N) is 1. The lowest BCUT2D eigenvalue weighted by atomic mass is 10.2. The number of nitrogens with zero attached hydrogens (tertiary/aromatic N) is 2. The zero-order valence-electron chi connectivity index (χ0n) is 8.40. The molecule has 1 aromatic rings. The van der Waals surface area contributed by atoms with Gasteiger partial charge in [0.1, 0.15) is 11.0 Å². The molecule has 1 aliphatic rings. The Bertz CT molecular complexity index is 383. The van der Waals surface area contributed by atoms with Crippen LogP contribution in [-0.4, -0.2) is 28.9 Å². The highest BCUT2D eigenvalue weighted by Gasteiger charge is 2.30. The van der Waals surface area contributed by atoms with Gasteiger partial charge in [-0.1, -0.05) is 11.6 Å². The summed E-state index contributed by atoms with van der Waals surface area (Å²) >= 11 is 5.73. The van der Waals surface area contributed by atoms with Crippen LogP contribution in [0.2, 0.25) is 5.15 Å². The molecule has 0 atom stereocenters. The molecule has 1 aliphatic carbocycles. The van der Waals surface area contributed by atoms with Crippen LogP contribution in [0.15, 0.2) is 12.1 Å². The standard InChI is InChI=1S/C10H12ClN3O/c1-14(7-2-3-7)10(15)6-4-8(11)13-9(12)5-6/h4-5,7H,2-3H2,1H3,(H2,12,13). The molecule has 0 bridgehead atoms. The first-order valence-corrected chi connectivity index (χ1v) is 5.16. The molecule has 0 spiro atoms. The first kappa shape index (κ1) is 10.2. The van der Waals surface area contributed by atoms with E-state index in [1.54, 1.807) is 24.1 Å². The Morgan fingerprint density at radius 2 is 2.27 bits per heavy atom. The van der Waals surface area contributed by atoms with Crippen molar-refractivity contribution in [3.63, 3.8) is 0 Å². The van der Waals surface area contributed by atoms with Gasteiger partial charge in [0.2, 0.25) is 0 Å². The summed E-state index contributed by atoms with van der Waals surface area (Å²) in [6, 6.07) is 3.47. The van der Waals surface area contributed by atoms with Crippen LogP contribution in [0.3, 0.4) is 0 Å². The first-order chi connectivity index (χ1) is 7.08. The van der Waals surface area contributed by atoms with Crippen LogP contribution in [0.25, 0.3) is 0 Å². The van der Waals surface area contributed by atoms with Gasteiger partial charge in [0.25, 0.3) is 5.91 Å². The monoisotopic (exact) mass is 225 g/mol. The third kappa shape index (κ3) is 2.21. The van der Waals surface area contributed by atoms with Crippen molar-refractivity contribution >= 4 is 23.3 Å². The second-order valence-corrected chi connectivity index (χ2v) is 4.14. The highest BCUT2D eigenvalue weighted by molar-refractivity contribution is 6.29. The number of hydrogen-bond acceptors (Lipinski definition) is 3. The molecule has 2 rings (SSSR count). The molecular weight excluding hydrogens is 214 g/mol. The normalized spacial score (nSPS) is 15.1. The maximum atomic E-state index is 11.9. The van der Waals surface area contributed by atoms with Crippen LogP contribution in [0, 0.1) is 0 Å². The largest absolute Gasteiger partial charge is 0.384 e. The number of amides is 1. The van der Waals surface area contributed by atoms with Crippen molar-refractivity contribution in [3.8, 4) is 0 Å². The summed E-state index contributed by atoms with van der Waals surface area (Å²) < 4.78 is 0. The summed E-state index contributed by atoms with van der Waals surface area (Å²) in [6.07, 6.45) is 2.16. The van der Waals surface area contributed by atoms with E-state index in [9.17, 15) is 4.79 Å². The lowest BCUT2D eigenvalue weighted by molar-refractivity contribution is 0.0785. The Kier molecular flexibility index (Phi) is 2.52. The third-order valence-electron chi connectivity index (χ3n) is 2.48. The van der Waals surface area contributed by atoms with Crippen molar-refractivity contribution in [1.29, 1.82) is 0 Å². The van der Waals surface area contributed by atoms with Crippen LogP contribution in [0.5, 0.6) is 0 Å². The van der Waals surface area contributed by atoms with E-state index in [0.29, 0.717) is 11.6 Å². The molecule has 0 aromatic carbocycles. The van der Waals surface area contributed by atoms with Crippen LogP contribution in [0.1, 0.15) is 23.2 Å². The van der Waals surface area contributed by atoms with Crippen molar-refractivity contribution in [2.24, 2.45) is 0 Å². The van der Waals surface area contributed by atoms with Gasteiger partial charge in [-0.3, -0.25) is 4.79 Å². The van der Waals surface area contributed by atoms with Crippen LogP contribution in [-0.2, 0) is 0 Å². The molecule has 0 unspecified atom stereocenters. The number of carbonyl (C=O) groups is 1. The smallest absolute Gasteiger partial charge is 0.254 e. The fraction of sp³-hybridized carbons (Fsp3) is 0.400. The predicted molar refractivity (Wildman–Crippen MR) is 58.8 cm³/mol. The zero-order chi connectivity index (χ0) is 11.0. The fourth-order valence-corrected chi connectivity index (χ4v) is 1.69. The molecule has 80 valence electrons. The van der Waals surface area contributed by atoms with Gasteiger partial charge in [-0.15, -0.1) is 0 Å². The van der Waals surface area contributed by atoms with Crippen LogP contribution in [0.4, 0.5) is 5.82 Å². The van der Waals surface area contributed by atoms with E-state index in [4.69, 9.17) is 17.3 Å². The number of halogens is 1. The second kappa shape index (κ2) is 3.70. The van der Waals surface area contributed by atoms with Gasteiger partial charge in [0.15, 0.2) is 0 Å². The number of rotatable bonds is 2. The average molecular weight is 226 g/mol. The maximum Gasteiger partial charge on any atom is 0.254 e. The molecular formula is C10H12ClN3O. The van der Waals surface area contributed by atoms with Gasteiger partial charge in [0.05, 0.1) is 0 Å². The van der Waals surface area contributed by atoms with E-state index in [2.05, 4.69) is 4.98 Å². The Hall–Kier alpha value is -1.29. The van der Waals surface area contributed by atoms with E-state index in [0.717, 1.165) is 12.8 Å². The summed E-state index contributed by atoms with van der Waals surface area (Å²) in [5.41, 5.74) is 6.02. The van der Waals surface area contributed by atoms with E-state index >= 15 is 0 Å². The Morgan fingerprint density at radius 3 is 2.80 bits per heavy atom. The first-order valence-electron chi connectivity index (χ1n) is 4.78. The van der Waals surface area contributed by atoms with Gasteiger partial charge >= 0.3 is 0 Å². The topological polar surface area (TPSA) is 59.2 Å². The highest BCUT2D eigenvalue weighted by Crippen LogP contribution is 2.27. The summed E-state index contributed by atoms with van der Waals surface area (Å²) in [5, 5.41) is 0.252. The maximum absolute atomic E-state index is 11.9. The van der Waals surface area contributed by atoms with Crippen molar-refractivity contribution in [3.05, 3.63) is 22.8 Å². The molecule has 4 nitrogen and oxygen atoms in total. The van der Waals surface area contributed by atoms with Gasteiger partial charge in [-0.25, -0.2) is 4.98 Å². The van der Waals surface area contributed by atoms with Crippen molar-refractivity contribution in [2.75, 3.05) is 12.8 Å². The Morgan fingerprint density at radius 1 is 1.60 bits per heavy atom. The highest BCUT2D eigenvalue weighted by atomic mass is 35.5. The Labute approximate surface area is 93.0 Å². The predicted octanol–water partition coefficient (Wildman–Crippen LogP) is 1.55. The lowest BCUT2D eigenvalue weighted by Gasteiger charge is -2.16. The summed E-state index contributed by atoms with van der Waals surface area (Å²) in [7, 11) is 1.80. The van der Waals surface area contributed by atoms with Crippen LogP contribution >= 0.6 is 11.6 Å². The molecule has 5 heteroatoms. The van der Waals surface area contributed by atoms with Gasteiger partial charge in [0, 0.05) is 18.7 Å². The minimum absolute atomic E-state index is 0.0477. The number of anilines is 1. The molecule has 1 heterocycles. The minimum atomic E-state index is -0.0477. The average Bonchev–Trinajstić information content (AvgIpc) is 2.97. The number of hydrogen-bond donors (Lipinski definition) is 1. The van der Waals surface area contributed by atoms with Gasteiger partial charge < -0.3 is 10.6 Å². The van der Waals surface area contributed by atoms with Crippen LogP contribution < -0.4 is 5.73 Å². The molecule has 15 heavy (non-hydrogen) atoms. The summed E-state index contributed by atoms with van der Waals surface area (Å²) in [5.74, 6) is 0.226. The zero-order valence-corrected chi connectivity index (χ0v) is 9.16. The SMILES string of the molecule is CN(C(=O)c1cc(N)nc(Cl)c1)C1CC1. The van der Waals surface area contributed by atoms with Gasteiger partial charge in [-0.05, 0) is 25.0 Å². The summed E-state index contributed by atoms with van der Waals surface area (Å²) in [6.45, 7) is 0. The van der Waals surface area contributed by atoms with E-state index in [-0.39, 0.29) is 16.9 Å². The number of nitrogen functional groups attached to an aromatic ring is 1.